The van der Waals surface area contributed by atoms with Crippen LogP contribution in [0.3, 0.4) is 0 Å². The lowest BCUT2D eigenvalue weighted by atomic mass is 10.3. The number of anilines is 2. The number of benzene rings is 1. The van der Waals surface area contributed by atoms with Crippen molar-refractivity contribution in [2.75, 3.05) is 31.8 Å². The molecule has 0 unspecified atom stereocenters. The summed E-state index contributed by atoms with van der Waals surface area (Å²) in [6.45, 7) is 0. The van der Waals surface area contributed by atoms with Crippen LogP contribution in [0.2, 0.25) is 0 Å². The van der Waals surface area contributed by atoms with Crippen LogP contribution in [0, 0.1) is 0 Å². The van der Waals surface area contributed by atoms with Crippen molar-refractivity contribution >= 4 is 33.9 Å². The molecule has 7 heteroatoms. The van der Waals surface area contributed by atoms with Crippen LogP contribution >= 0.6 is 23.1 Å². The van der Waals surface area contributed by atoms with Gasteiger partial charge in [0.1, 0.15) is 5.75 Å². The van der Waals surface area contributed by atoms with Crippen molar-refractivity contribution in [3.63, 3.8) is 0 Å². The number of nitrogen functional groups attached to an aromatic ring is 1. The highest BCUT2D eigenvalue weighted by Crippen LogP contribution is 2.35. The maximum Gasteiger partial charge on any atom is 0.208 e. The van der Waals surface area contributed by atoms with Crippen LogP contribution in [0.1, 0.15) is 0 Å². The molecule has 0 aliphatic rings. The highest BCUT2D eigenvalue weighted by molar-refractivity contribution is 8.01. The molecule has 0 atom stereocenters. The number of methoxy groups -OCH3 is 1. The van der Waals surface area contributed by atoms with E-state index in [1.807, 2.05) is 31.1 Å². The fourth-order valence-electron chi connectivity index (χ4n) is 1.30. The summed E-state index contributed by atoms with van der Waals surface area (Å²) in [6.07, 6.45) is 0. The molecule has 0 radical (unpaired) electrons. The van der Waals surface area contributed by atoms with E-state index in [2.05, 4.69) is 10.2 Å². The Bertz CT molecular complexity index is 542. The lowest BCUT2D eigenvalue weighted by Crippen LogP contribution is -2.07. The van der Waals surface area contributed by atoms with Gasteiger partial charge in [0, 0.05) is 30.7 Å². The molecular weight excluding hydrogens is 268 g/mol. The Kier molecular flexibility index (Phi) is 3.93. The van der Waals surface area contributed by atoms with Crippen LogP contribution in [-0.4, -0.2) is 31.4 Å². The number of hydrogen-bond donors (Lipinski definition) is 1. The van der Waals surface area contributed by atoms with Gasteiger partial charge in [-0.25, -0.2) is 0 Å². The quantitative estimate of drug-likeness (QED) is 0.868. The van der Waals surface area contributed by atoms with Gasteiger partial charge in [-0.05, 0) is 12.1 Å². The van der Waals surface area contributed by atoms with E-state index in [0.717, 1.165) is 20.1 Å². The van der Waals surface area contributed by atoms with Gasteiger partial charge in [-0.1, -0.05) is 23.1 Å². The summed E-state index contributed by atoms with van der Waals surface area (Å²) in [5.41, 5.74) is 6.48. The number of aromatic nitrogens is 2. The molecule has 96 valence electrons. The standard InChI is InChI=1S/C11H14N4OS2/c1-15(2)10-13-14-11(18-10)17-9-5-7(12)4-8(6-9)16-3/h4-6H,12H2,1-3H3. The highest BCUT2D eigenvalue weighted by Gasteiger charge is 2.08. The van der Waals surface area contributed by atoms with Crippen LogP contribution < -0.4 is 15.4 Å². The summed E-state index contributed by atoms with van der Waals surface area (Å²) in [6, 6.07) is 5.61. The molecule has 1 heterocycles. The second-order valence-electron chi connectivity index (χ2n) is 3.79. The van der Waals surface area contributed by atoms with Gasteiger partial charge in [0.2, 0.25) is 5.13 Å². The fourth-order valence-corrected chi connectivity index (χ4v) is 3.13. The van der Waals surface area contributed by atoms with Gasteiger partial charge >= 0.3 is 0 Å². The molecule has 0 amide bonds. The van der Waals surface area contributed by atoms with Crippen molar-refractivity contribution < 1.29 is 4.74 Å². The van der Waals surface area contributed by atoms with Crippen molar-refractivity contribution in [1.29, 1.82) is 0 Å². The summed E-state index contributed by atoms with van der Waals surface area (Å²) < 4.78 is 6.06. The number of ether oxygens (including phenoxy) is 1. The molecule has 0 bridgehead atoms. The predicted octanol–water partition coefficient (Wildman–Crippen LogP) is 2.35. The molecule has 0 spiro atoms. The first-order valence-electron chi connectivity index (χ1n) is 5.21. The number of nitrogens with zero attached hydrogens (tertiary/aromatic N) is 3. The van der Waals surface area contributed by atoms with Gasteiger partial charge in [0.15, 0.2) is 4.34 Å². The average molecular weight is 282 g/mol. The zero-order valence-electron chi connectivity index (χ0n) is 10.4. The molecule has 0 aliphatic heterocycles. The zero-order valence-corrected chi connectivity index (χ0v) is 12.0. The molecule has 0 aliphatic carbocycles. The van der Waals surface area contributed by atoms with Crippen LogP contribution in [0.5, 0.6) is 5.75 Å². The minimum Gasteiger partial charge on any atom is -0.497 e. The van der Waals surface area contributed by atoms with E-state index in [1.165, 1.54) is 11.8 Å². The van der Waals surface area contributed by atoms with Crippen molar-refractivity contribution in [3.8, 4) is 5.75 Å². The topological polar surface area (TPSA) is 64.3 Å². The molecule has 1 aromatic carbocycles. The Morgan fingerprint density at radius 1 is 1.28 bits per heavy atom. The summed E-state index contributed by atoms with van der Waals surface area (Å²) in [5, 5.41) is 9.10. The molecule has 2 rings (SSSR count). The first-order chi connectivity index (χ1) is 8.58. The number of hydrogen-bond acceptors (Lipinski definition) is 7. The van der Waals surface area contributed by atoms with Gasteiger partial charge in [-0.3, -0.25) is 0 Å². The normalized spacial score (nSPS) is 10.4. The third-order valence-corrected chi connectivity index (χ3v) is 4.23. The lowest BCUT2D eigenvalue weighted by molar-refractivity contribution is 0.414. The van der Waals surface area contributed by atoms with Crippen LogP contribution in [0.15, 0.2) is 27.4 Å². The van der Waals surface area contributed by atoms with Crippen molar-refractivity contribution in [2.24, 2.45) is 0 Å². The first-order valence-corrected chi connectivity index (χ1v) is 6.85. The monoisotopic (exact) mass is 282 g/mol. The molecular formula is C11H14N4OS2. The lowest BCUT2D eigenvalue weighted by Gasteiger charge is -2.05. The largest absolute Gasteiger partial charge is 0.497 e. The fraction of sp³-hybridized carbons (Fsp3) is 0.273. The summed E-state index contributed by atoms with van der Waals surface area (Å²) in [4.78, 5) is 2.93. The molecule has 0 fully saturated rings. The highest BCUT2D eigenvalue weighted by atomic mass is 32.2. The number of rotatable bonds is 4. The van der Waals surface area contributed by atoms with Crippen molar-refractivity contribution in [1.82, 2.24) is 10.2 Å². The summed E-state index contributed by atoms with van der Waals surface area (Å²) >= 11 is 3.07. The molecule has 1 aromatic heterocycles. The van der Waals surface area contributed by atoms with Crippen molar-refractivity contribution in [2.45, 2.75) is 9.24 Å². The molecule has 2 N–H and O–H groups in total. The van der Waals surface area contributed by atoms with Crippen LogP contribution in [0.4, 0.5) is 10.8 Å². The Hall–Kier alpha value is -1.47. The Labute approximate surface area is 114 Å². The van der Waals surface area contributed by atoms with E-state index >= 15 is 0 Å². The van der Waals surface area contributed by atoms with Crippen LogP contribution in [0.25, 0.3) is 0 Å². The van der Waals surface area contributed by atoms with Gasteiger partial charge in [0.25, 0.3) is 0 Å². The smallest absolute Gasteiger partial charge is 0.208 e. The molecule has 18 heavy (non-hydrogen) atoms. The van der Waals surface area contributed by atoms with E-state index in [1.54, 1.807) is 24.5 Å². The second kappa shape index (κ2) is 5.45. The SMILES string of the molecule is COc1cc(N)cc(Sc2nnc(N(C)C)s2)c1. The molecule has 5 nitrogen and oxygen atoms in total. The van der Waals surface area contributed by atoms with Gasteiger partial charge in [-0.15, -0.1) is 10.2 Å². The molecule has 2 aromatic rings. The average Bonchev–Trinajstić information content (AvgIpc) is 2.76. The van der Waals surface area contributed by atoms with Gasteiger partial charge in [-0.2, -0.15) is 0 Å². The zero-order chi connectivity index (χ0) is 13.1. The molecule has 0 saturated carbocycles. The minimum absolute atomic E-state index is 0.675. The van der Waals surface area contributed by atoms with E-state index in [9.17, 15) is 0 Å². The molecule has 0 saturated heterocycles. The van der Waals surface area contributed by atoms with E-state index in [-0.39, 0.29) is 0 Å². The minimum atomic E-state index is 0.675. The summed E-state index contributed by atoms with van der Waals surface area (Å²) in [5.74, 6) is 0.745. The number of nitrogens with two attached hydrogens (primary N) is 1. The van der Waals surface area contributed by atoms with Gasteiger partial charge < -0.3 is 15.4 Å². The van der Waals surface area contributed by atoms with Crippen molar-refractivity contribution in [3.05, 3.63) is 18.2 Å². The third kappa shape index (κ3) is 3.05. The maximum absolute atomic E-state index is 5.81. The van der Waals surface area contributed by atoms with E-state index in [0.29, 0.717) is 5.69 Å². The maximum atomic E-state index is 5.81. The van der Waals surface area contributed by atoms with Crippen LogP contribution in [-0.2, 0) is 0 Å². The van der Waals surface area contributed by atoms with E-state index < -0.39 is 0 Å². The summed E-state index contributed by atoms with van der Waals surface area (Å²) in [7, 11) is 5.51. The predicted molar refractivity (Wildman–Crippen MR) is 75.8 cm³/mol. The Balaban J connectivity index is 2.19. The first kappa shape index (κ1) is 13.0. The van der Waals surface area contributed by atoms with E-state index in [4.69, 9.17) is 10.5 Å². The second-order valence-corrected chi connectivity index (χ2v) is 6.07. The van der Waals surface area contributed by atoms with Gasteiger partial charge in [0.05, 0.1) is 7.11 Å². The Morgan fingerprint density at radius 3 is 2.67 bits per heavy atom. The Morgan fingerprint density at radius 2 is 2.06 bits per heavy atom. The third-order valence-electron chi connectivity index (χ3n) is 2.12.